The molecule has 0 bridgehead atoms. The lowest BCUT2D eigenvalue weighted by Crippen LogP contribution is -2.32. The van der Waals surface area contributed by atoms with E-state index in [2.05, 4.69) is 19.9 Å². The predicted octanol–water partition coefficient (Wildman–Crippen LogP) is 1.24. The van der Waals surface area contributed by atoms with E-state index in [0.29, 0.717) is 5.82 Å². The van der Waals surface area contributed by atoms with Crippen LogP contribution in [0.1, 0.15) is 24.6 Å². The lowest BCUT2D eigenvalue weighted by molar-refractivity contribution is -0.168. The van der Waals surface area contributed by atoms with E-state index in [1.54, 1.807) is 6.92 Å². The van der Waals surface area contributed by atoms with Crippen molar-refractivity contribution in [2.24, 2.45) is 5.73 Å². The molecule has 9 heteroatoms. The molecular formula is C8H12F4N4O. The average Bonchev–Trinajstić information content (AvgIpc) is 2.66. The molecule has 1 atom stereocenters. The third kappa shape index (κ3) is 3.93. The molecule has 17 heavy (non-hydrogen) atoms. The van der Waals surface area contributed by atoms with E-state index < -0.39 is 25.0 Å². The van der Waals surface area contributed by atoms with Gasteiger partial charge in [0.2, 0.25) is 0 Å². The molecule has 0 aliphatic heterocycles. The number of nitrogens with zero attached hydrogens (tertiary/aromatic N) is 2. The fourth-order valence-electron chi connectivity index (χ4n) is 0.925. The summed E-state index contributed by atoms with van der Waals surface area (Å²) in [6.45, 7) is -0.0976. The number of rotatable bonds is 6. The molecule has 1 aromatic heterocycles. The van der Waals surface area contributed by atoms with Gasteiger partial charge >= 0.3 is 12.3 Å². The van der Waals surface area contributed by atoms with Gasteiger partial charge < -0.3 is 10.5 Å². The Morgan fingerprint density at radius 1 is 1.47 bits per heavy atom. The van der Waals surface area contributed by atoms with Crippen molar-refractivity contribution in [1.29, 1.82) is 0 Å². The summed E-state index contributed by atoms with van der Waals surface area (Å²) in [5.41, 5.74) is 5.46. The molecule has 0 amide bonds. The molecule has 1 rings (SSSR count). The molecule has 0 fully saturated rings. The molecule has 5 nitrogen and oxygen atoms in total. The molecule has 0 aliphatic carbocycles. The molecule has 1 heterocycles. The maximum atomic E-state index is 12.4. The fraction of sp³-hybridized carbons (Fsp3) is 0.750. The first kappa shape index (κ1) is 13.8. The number of nitrogens with two attached hydrogens (primary N) is 1. The van der Waals surface area contributed by atoms with Crippen LogP contribution in [0.4, 0.5) is 17.6 Å². The van der Waals surface area contributed by atoms with E-state index in [0.717, 1.165) is 0 Å². The SMILES string of the molecule is CC(N)c1n[nH]c(COCC(F)(F)C(F)F)n1. The first-order chi connectivity index (χ1) is 7.83. The Morgan fingerprint density at radius 3 is 2.59 bits per heavy atom. The highest BCUT2D eigenvalue weighted by molar-refractivity contribution is 4.93. The molecule has 1 aromatic rings. The summed E-state index contributed by atoms with van der Waals surface area (Å²) >= 11 is 0. The topological polar surface area (TPSA) is 76.8 Å². The number of aromatic nitrogens is 3. The third-order valence-electron chi connectivity index (χ3n) is 1.81. The van der Waals surface area contributed by atoms with Gasteiger partial charge in [0, 0.05) is 0 Å². The van der Waals surface area contributed by atoms with Crippen molar-refractivity contribution in [1.82, 2.24) is 15.2 Å². The van der Waals surface area contributed by atoms with Crippen molar-refractivity contribution in [3.8, 4) is 0 Å². The van der Waals surface area contributed by atoms with Crippen LogP contribution in [0, 0.1) is 0 Å². The maximum absolute atomic E-state index is 12.4. The molecule has 98 valence electrons. The number of ether oxygens (including phenoxy) is 1. The normalized spacial score (nSPS) is 14.3. The van der Waals surface area contributed by atoms with Gasteiger partial charge in [-0.15, -0.1) is 0 Å². The summed E-state index contributed by atoms with van der Waals surface area (Å²) in [7, 11) is 0. The van der Waals surface area contributed by atoms with E-state index in [1.165, 1.54) is 0 Å². The monoisotopic (exact) mass is 256 g/mol. The molecule has 3 N–H and O–H groups in total. The zero-order valence-corrected chi connectivity index (χ0v) is 8.96. The summed E-state index contributed by atoms with van der Waals surface area (Å²) in [4.78, 5) is 3.83. The van der Waals surface area contributed by atoms with E-state index in [4.69, 9.17) is 5.73 Å². The van der Waals surface area contributed by atoms with Gasteiger partial charge in [-0.25, -0.2) is 13.8 Å². The zero-order valence-electron chi connectivity index (χ0n) is 8.96. The van der Waals surface area contributed by atoms with Crippen LogP contribution in [0.2, 0.25) is 0 Å². The summed E-state index contributed by atoms with van der Waals surface area (Å²) in [6.07, 6.45) is -3.75. The van der Waals surface area contributed by atoms with Crippen LogP contribution in [0.25, 0.3) is 0 Å². The number of alkyl halides is 4. The Hall–Kier alpha value is -1.22. The van der Waals surface area contributed by atoms with Crippen molar-refractivity contribution in [2.75, 3.05) is 6.61 Å². The highest BCUT2D eigenvalue weighted by atomic mass is 19.3. The predicted molar refractivity (Wildman–Crippen MR) is 49.6 cm³/mol. The number of H-pyrrole nitrogens is 1. The van der Waals surface area contributed by atoms with Crippen LogP contribution < -0.4 is 5.73 Å². The summed E-state index contributed by atoms with van der Waals surface area (Å²) < 4.78 is 52.8. The van der Waals surface area contributed by atoms with Gasteiger partial charge in [0.25, 0.3) is 0 Å². The quantitative estimate of drug-likeness (QED) is 0.751. The fourth-order valence-corrected chi connectivity index (χ4v) is 0.925. The van der Waals surface area contributed by atoms with Gasteiger partial charge in [-0.2, -0.15) is 13.9 Å². The molecule has 0 radical (unpaired) electrons. The van der Waals surface area contributed by atoms with Crippen molar-refractivity contribution in [2.45, 2.75) is 31.9 Å². The van der Waals surface area contributed by atoms with E-state index in [9.17, 15) is 17.6 Å². The van der Waals surface area contributed by atoms with E-state index >= 15 is 0 Å². The van der Waals surface area contributed by atoms with Gasteiger partial charge in [-0.3, -0.25) is 5.10 Å². The molecule has 0 aromatic carbocycles. The van der Waals surface area contributed by atoms with Crippen LogP contribution in [0.15, 0.2) is 0 Å². The Morgan fingerprint density at radius 2 is 2.12 bits per heavy atom. The molecule has 0 aliphatic rings. The molecule has 0 saturated heterocycles. The number of aromatic amines is 1. The second-order valence-electron chi connectivity index (χ2n) is 3.48. The molecule has 1 unspecified atom stereocenters. The Kier molecular flexibility index (Phi) is 4.40. The van der Waals surface area contributed by atoms with Crippen LogP contribution in [0.5, 0.6) is 0 Å². The number of halogens is 4. The van der Waals surface area contributed by atoms with Crippen molar-refractivity contribution in [3.05, 3.63) is 11.6 Å². The minimum atomic E-state index is -4.16. The highest BCUT2D eigenvalue weighted by Gasteiger charge is 2.40. The van der Waals surface area contributed by atoms with Crippen LogP contribution in [-0.4, -0.2) is 34.1 Å². The van der Waals surface area contributed by atoms with Gasteiger partial charge in [0.05, 0.1) is 6.04 Å². The number of hydrogen-bond acceptors (Lipinski definition) is 4. The van der Waals surface area contributed by atoms with E-state index in [-0.39, 0.29) is 12.4 Å². The van der Waals surface area contributed by atoms with Gasteiger partial charge in [-0.05, 0) is 6.92 Å². The molecule has 0 spiro atoms. The lowest BCUT2D eigenvalue weighted by Gasteiger charge is -2.14. The second kappa shape index (κ2) is 5.41. The minimum Gasteiger partial charge on any atom is -0.367 e. The van der Waals surface area contributed by atoms with E-state index in [1.807, 2.05) is 0 Å². The summed E-state index contributed by atoms with van der Waals surface area (Å²) in [5.74, 6) is -3.71. The van der Waals surface area contributed by atoms with Crippen LogP contribution in [0.3, 0.4) is 0 Å². The molecular weight excluding hydrogens is 244 g/mol. The van der Waals surface area contributed by atoms with Gasteiger partial charge in [0.15, 0.2) is 11.6 Å². The first-order valence-electron chi connectivity index (χ1n) is 4.73. The highest BCUT2D eigenvalue weighted by Crippen LogP contribution is 2.23. The first-order valence-corrected chi connectivity index (χ1v) is 4.73. The summed E-state index contributed by atoms with van der Waals surface area (Å²) in [5, 5.41) is 6.09. The lowest BCUT2D eigenvalue weighted by atomic mass is 10.3. The van der Waals surface area contributed by atoms with Crippen LogP contribution in [-0.2, 0) is 11.3 Å². The van der Waals surface area contributed by atoms with Crippen molar-refractivity contribution in [3.63, 3.8) is 0 Å². The van der Waals surface area contributed by atoms with Gasteiger partial charge in [0.1, 0.15) is 13.2 Å². The Balaban J connectivity index is 2.41. The minimum absolute atomic E-state index is 0.155. The third-order valence-corrected chi connectivity index (χ3v) is 1.81. The number of hydrogen-bond donors (Lipinski definition) is 2. The summed E-state index contributed by atoms with van der Waals surface area (Å²) in [6, 6.07) is -0.414. The van der Waals surface area contributed by atoms with Crippen LogP contribution >= 0.6 is 0 Å². The Bertz CT molecular complexity index is 355. The van der Waals surface area contributed by atoms with Crippen molar-refractivity contribution >= 4 is 0 Å². The Labute approximate surface area is 94.4 Å². The zero-order chi connectivity index (χ0) is 13.1. The average molecular weight is 256 g/mol. The van der Waals surface area contributed by atoms with Crippen molar-refractivity contribution < 1.29 is 22.3 Å². The van der Waals surface area contributed by atoms with Gasteiger partial charge in [-0.1, -0.05) is 0 Å². The number of nitrogens with one attached hydrogen (secondary N) is 1. The second-order valence-corrected chi connectivity index (χ2v) is 3.48. The molecule has 0 saturated carbocycles. The largest absolute Gasteiger partial charge is 0.367 e. The maximum Gasteiger partial charge on any atom is 0.330 e. The standard InChI is InChI=1S/C8H12F4N4O/c1-4(13)6-14-5(15-16-6)2-17-3-8(11,12)7(9)10/h4,7H,2-3,13H2,1H3,(H,14,15,16). The smallest absolute Gasteiger partial charge is 0.330 e.